The molecule has 38 heavy (non-hydrogen) atoms. The second kappa shape index (κ2) is 11.9. The quantitative estimate of drug-likeness (QED) is 0.375. The lowest BCUT2D eigenvalue weighted by molar-refractivity contribution is -0.117. The number of hydrogen-bond donors (Lipinski definition) is 2. The average molecular weight is 579 g/mol. The van der Waals surface area contributed by atoms with E-state index in [0.717, 1.165) is 36.2 Å². The highest BCUT2D eigenvalue weighted by Crippen LogP contribution is 2.47. The molecule has 0 saturated carbocycles. The smallest absolute Gasteiger partial charge is 0.249 e. The van der Waals surface area contributed by atoms with Crippen molar-refractivity contribution in [1.82, 2.24) is 5.32 Å². The number of carbonyl (C=O) groups is 2. The van der Waals surface area contributed by atoms with Crippen LogP contribution in [-0.2, 0) is 11.4 Å². The maximum Gasteiger partial charge on any atom is 0.249 e. The summed E-state index contributed by atoms with van der Waals surface area (Å²) in [7, 11) is 0. The van der Waals surface area contributed by atoms with Crippen LogP contribution in [0.5, 0.6) is 11.5 Å². The molecule has 1 aliphatic heterocycles. The van der Waals surface area contributed by atoms with Crippen LogP contribution in [0.2, 0.25) is 0 Å². The number of ether oxygens (including phenoxy) is 2. The van der Waals surface area contributed by atoms with Crippen molar-refractivity contribution >= 4 is 27.6 Å². The number of hydrogen-bond acceptors (Lipinski definition) is 6. The fourth-order valence-corrected chi connectivity index (χ4v) is 5.98. The number of primary amides is 1. The summed E-state index contributed by atoms with van der Waals surface area (Å²) in [4.78, 5) is 25.3. The van der Waals surface area contributed by atoms with Crippen molar-refractivity contribution < 1.29 is 19.1 Å². The van der Waals surface area contributed by atoms with E-state index in [9.17, 15) is 14.9 Å². The van der Waals surface area contributed by atoms with Crippen molar-refractivity contribution in [3.8, 4) is 17.6 Å². The molecule has 1 aliphatic carbocycles. The van der Waals surface area contributed by atoms with Crippen molar-refractivity contribution in [2.45, 2.75) is 59.0 Å². The minimum Gasteiger partial charge on any atom is -0.490 e. The fraction of sp³-hybridized carbons (Fsp3) is 0.367. The van der Waals surface area contributed by atoms with Gasteiger partial charge in [-0.1, -0.05) is 31.5 Å². The van der Waals surface area contributed by atoms with Gasteiger partial charge < -0.3 is 20.5 Å². The normalized spacial score (nSPS) is 19.0. The van der Waals surface area contributed by atoms with Gasteiger partial charge in [-0.05, 0) is 72.3 Å². The Morgan fingerprint density at radius 2 is 1.97 bits per heavy atom. The van der Waals surface area contributed by atoms with Crippen LogP contribution in [0.15, 0.2) is 63.4 Å². The van der Waals surface area contributed by atoms with Crippen molar-refractivity contribution in [2.24, 2.45) is 11.7 Å². The van der Waals surface area contributed by atoms with Crippen molar-refractivity contribution in [1.29, 1.82) is 5.26 Å². The molecule has 2 atom stereocenters. The monoisotopic (exact) mass is 577 g/mol. The molecule has 0 spiro atoms. The van der Waals surface area contributed by atoms with Gasteiger partial charge in [-0.25, -0.2) is 0 Å². The Morgan fingerprint density at radius 1 is 1.21 bits per heavy atom. The lowest BCUT2D eigenvalue weighted by Crippen LogP contribution is -2.34. The predicted molar refractivity (Wildman–Crippen MR) is 148 cm³/mol. The summed E-state index contributed by atoms with van der Waals surface area (Å²) in [5.41, 5.74) is 10.2. The van der Waals surface area contributed by atoms with Gasteiger partial charge in [-0.3, -0.25) is 9.59 Å². The Bertz CT molecular complexity index is 1370. The summed E-state index contributed by atoms with van der Waals surface area (Å²) >= 11 is 3.63. The first-order valence-corrected chi connectivity index (χ1v) is 13.7. The number of allylic oxidation sites excluding steroid dienone is 4. The summed E-state index contributed by atoms with van der Waals surface area (Å²) in [5.74, 6) is 0.321. The highest BCUT2D eigenvalue weighted by Gasteiger charge is 2.39. The number of carbonyl (C=O) groups excluding carboxylic acids is 2. The number of dihydropyridines is 1. The number of amides is 1. The molecule has 8 heteroatoms. The van der Waals surface area contributed by atoms with Crippen molar-refractivity contribution in [3.05, 3.63) is 80.1 Å². The van der Waals surface area contributed by atoms with Crippen molar-refractivity contribution in [3.63, 3.8) is 0 Å². The average Bonchev–Trinajstić information content (AvgIpc) is 2.87. The number of nitrogens with zero attached hydrogens (tertiary/aromatic N) is 1. The van der Waals surface area contributed by atoms with Crippen LogP contribution >= 0.6 is 15.9 Å². The summed E-state index contributed by atoms with van der Waals surface area (Å²) in [6, 6.07) is 13.1. The Balaban J connectivity index is 1.75. The minimum absolute atomic E-state index is 0.0833. The van der Waals surface area contributed by atoms with Gasteiger partial charge in [0.15, 0.2) is 17.3 Å². The molecule has 2 aliphatic rings. The second-order valence-corrected chi connectivity index (χ2v) is 10.5. The molecule has 2 unspecified atom stereocenters. The second-order valence-electron chi connectivity index (χ2n) is 9.66. The lowest BCUT2D eigenvalue weighted by Gasteiger charge is -2.35. The Hall–Kier alpha value is -3.57. The Labute approximate surface area is 231 Å². The first-order chi connectivity index (χ1) is 18.3. The Kier molecular flexibility index (Phi) is 8.58. The van der Waals surface area contributed by atoms with E-state index in [4.69, 9.17) is 15.2 Å². The van der Waals surface area contributed by atoms with Gasteiger partial charge in [0.2, 0.25) is 5.91 Å². The molecular formula is C30H32BrN3O4. The predicted octanol–water partition coefficient (Wildman–Crippen LogP) is 6.04. The molecule has 0 bridgehead atoms. The van der Waals surface area contributed by atoms with E-state index in [-0.39, 0.29) is 12.4 Å². The number of benzene rings is 2. The minimum atomic E-state index is -0.525. The third-order valence-corrected chi connectivity index (χ3v) is 7.64. The van der Waals surface area contributed by atoms with Crippen LogP contribution in [0.1, 0.15) is 73.9 Å². The maximum absolute atomic E-state index is 13.4. The van der Waals surface area contributed by atoms with Crippen molar-refractivity contribution in [2.75, 3.05) is 6.61 Å². The first kappa shape index (κ1) is 27.5. The number of ketones is 1. The highest BCUT2D eigenvalue weighted by molar-refractivity contribution is 9.10. The summed E-state index contributed by atoms with van der Waals surface area (Å²) < 4.78 is 12.7. The topological polar surface area (TPSA) is 114 Å². The van der Waals surface area contributed by atoms with E-state index in [2.05, 4.69) is 34.2 Å². The number of nitriles is 1. The Morgan fingerprint density at radius 3 is 2.66 bits per heavy atom. The summed E-state index contributed by atoms with van der Waals surface area (Å²) in [6.45, 7) is 6.39. The fourth-order valence-electron chi connectivity index (χ4n) is 5.41. The molecule has 2 aromatic rings. The van der Waals surface area contributed by atoms with Gasteiger partial charge in [0.05, 0.1) is 28.6 Å². The van der Waals surface area contributed by atoms with Gasteiger partial charge in [0, 0.05) is 34.5 Å². The van der Waals surface area contributed by atoms with Gasteiger partial charge in [0.25, 0.3) is 0 Å². The SMILES string of the molecule is CCCC1CC(=O)C2=C(C1)NC(C)=C(C#N)C2c1cc(Br)c(OCc2ccccc2C(N)=O)c(OCC)c1. The molecule has 0 aromatic heterocycles. The molecular weight excluding hydrogens is 546 g/mol. The van der Waals surface area contributed by atoms with Gasteiger partial charge >= 0.3 is 0 Å². The van der Waals surface area contributed by atoms with Crippen LogP contribution in [0.25, 0.3) is 0 Å². The van der Waals surface area contributed by atoms with Gasteiger partial charge in [0.1, 0.15) is 6.61 Å². The van der Waals surface area contributed by atoms with Crippen LogP contribution < -0.4 is 20.5 Å². The van der Waals surface area contributed by atoms with Crippen LogP contribution in [0.4, 0.5) is 0 Å². The molecule has 0 radical (unpaired) electrons. The molecule has 2 aromatic carbocycles. The molecule has 7 nitrogen and oxygen atoms in total. The molecule has 0 saturated heterocycles. The van der Waals surface area contributed by atoms with E-state index >= 15 is 0 Å². The molecule has 3 N–H and O–H groups in total. The number of rotatable bonds is 9. The molecule has 1 amide bonds. The van der Waals surface area contributed by atoms with E-state index in [0.29, 0.717) is 57.2 Å². The molecule has 1 heterocycles. The molecule has 4 rings (SSSR count). The van der Waals surface area contributed by atoms with Crippen LogP contribution in [0.3, 0.4) is 0 Å². The number of halogens is 1. The van der Waals surface area contributed by atoms with Gasteiger partial charge in [-0.15, -0.1) is 0 Å². The van der Waals surface area contributed by atoms with E-state index in [1.807, 2.05) is 32.0 Å². The third kappa shape index (κ3) is 5.48. The maximum atomic E-state index is 13.4. The lowest BCUT2D eigenvalue weighted by atomic mass is 9.72. The highest BCUT2D eigenvalue weighted by atomic mass is 79.9. The molecule has 198 valence electrons. The number of nitrogens with one attached hydrogen (secondary N) is 1. The standard InChI is InChI=1S/C30H32BrN3O4/c1-4-8-18-11-24-28(25(35)12-18)27(22(15-32)17(3)34-24)20-13-23(31)29(26(14-20)37-5-2)38-16-19-9-6-7-10-21(19)30(33)36/h6-7,9-10,13-14,18,27,34H,4-5,8,11-12,16H2,1-3H3,(H2,33,36). The van der Waals surface area contributed by atoms with Crippen LogP contribution in [0, 0.1) is 17.2 Å². The zero-order valence-electron chi connectivity index (χ0n) is 21.9. The van der Waals surface area contributed by atoms with Gasteiger partial charge in [-0.2, -0.15) is 5.26 Å². The number of nitrogens with two attached hydrogens (primary N) is 1. The van der Waals surface area contributed by atoms with Crippen LogP contribution in [-0.4, -0.2) is 18.3 Å². The zero-order valence-corrected chi connectivity index (χ0v) is 23.5. The first-order valence-electron chi connectivity index (χ1n) is 12.9. The van der Waals surface area contributed by atoms with E-state index < -0.39 is 11.8 Å². The molecule has 0 fully saturated rings. The zero-order chi connectivity index (χ0) is 27.4. The van der Waals surface area contributed by atoms with E-state index in [1.165, 1.54) is 0 Å². The third-order valence-electron chi connectivity index (χ3n) is 7.05. The number of Topliss-reactive ketones (excluding diaryl/α,β-unsaturated/α-hetero) is 1. The van der Waals surface area contributed by atoms with E-state index in [1.54, 1.807) is 18.2 Å². The summed E-state index contributed by atoms with van der Waals surface area (Å²) in [6.07, 6.45) is 3.30. The largest absolute Gasteiger partial charge is 0.490 e. The summed E-state index contributed by atoms with van der Waals surface area (Å²) in [5, 5.41) is 13.5.